The Morgan fingerprint density at radius 1 is 1.53 bits per heavy atom. The molecule has 15 heavy (non-hydrogen) atoms. The number of hydrogen-bond acceptors (Lipinski definition) is 2. The van der Waals surface area contributed by atoms with Gasteiger partial charge in [0.1, 0.15) is 0 Å². The van der Waals surface area contributed by atoms with Crippen LogP contribution in [0.2, 0.25) is 0 Å². The Labute approximate surface area is 90.1 Å². The van der Waals surface area contributed by atoms with Crippen LogP contribution in [0.4, 0.5) is 0 Å². The monoisotopic (exact) mass is 204 g/mol. The van der Waals surface area contributed by atoms with Crippen LogP contribution in [-0.4, -0.2) is 22.3 Å². The van der Waals surface area contributed by atoms with E-state index in [0.29, 0.717) is 0 Å². The van der Waals surface area contributed by atoms with Crippen molar-refractivity contribution in [2.45, 2.75) is 32.2 Å². The summed E-state index contributed by atoms with van der Waals surface area (Å²) in [6, 6.07) is 4.23. The predicted octanol–water partition coefficient (Wildman–Crippen LogP) is 2.16. The Bertz CT molecular complexity index is 337. The number of aromatic nitrogens is 1. The third kappa shape index (κ3) is 2.17. The summed E-state index contributed by atoms with van der Waals surface area (Å²) >= 11 is 0. The summed E-state index contributed by atoms with van der Waals surface area (Å²) in [5.74, 6) is 0.170. The van der Waals surface area contributed by atoms with Crippen LogP contribution in [0.1, 0.15) is 37.8 Å². The van der Waals surface area contributed by atoms with Crippen molar-refractivity contribution in [1.82, 2.24) is 9.88 Å². The van der Waals surface area contributed by atoms with E-state index in [4.69, 9.17) is 0 Å². The fourth-order valence-corrected chi connectivity index (χ4v) is 2.23. The van der Waals surface area contributed by atoms with Gasteiger partial charge >= 0.3 is 0 Å². The zero-order chi connectivity index (χ0) is 10.7. The summed E-state index contributed by atoms with van der Waals surface area (Å²) in [6.07, 6.45) is 7.02. The van der Waals surface area contributed by atoms with Gasteiger partial charge in [-0.2, -0.15) is 0 Å². The lowest BCUT2D eigenvalue weighted by Crippen LogP contribution is -2.36. The van der Waals surface area contributed by atoms with Crippen molar-refractivity contribution >= 4 is 5.91 Å². The molecule has 0 N–H and O–H groups in total. The largest absolute Gasteiger partial charge is 0.336 e. The van der Waals surface area contributed by atoms with Crippen LogP contribution in [0.5, 0.6) is 0 Å². The van der Waals surface area contributed by atoms with Crippen molar-refractivity contribution in [3.05, 3.63) is 30.1 Å². The molecule has 1 aliphatic rings. The highest BCUT2D eigenvalue weighted by Gasteiger charge is 2.25. The molecule has 2 rings (SSSR count). The number of likely N-dealkylation sites (tertiary alicyclic amines) is 1. The molecule has 1 aromatic heterocycles. The molecule has 3 heteroatoms. The molecule has 2 heterocycles. The molecule has 1 aliphatic heterocycles. The number of amides is 1. The second kappa shape index (κ2) is 4.43. The summed E-state index contributed by atoms with van der Waals surface area (Å²) in [7, 11) is 0. The van der Waals surface area contributed by atoms with E-state index in [1.807, 2.05) is 17.2 Å². The maximum Gasteiger partial charge on any atom is 0.219 e. The molecule has 0 aliphatic carbocycles. The zero-order valence-corrected chi connectivity index (χ0v) is 9.02. The van der Waals surface area contributed by atoms with Crippen LogP contribution in [0.15, 0.2) is 24.5 Å². The van der Waals surface area contributed by atoms with Gasteiger partial charge in [-0.05, 0) is 30.9 Å². The van der Waals surface area contributed by atoms with E-state index < -0.39 is 0 Å². The fourth-order valence-electron chi connectivity index (χ4n) is 2.23. The Balaban J connectivity index is 2.22. The minimum Gasteiger partial charge on any atom is -0.336 e. The smallest absolute Gasteiger partial charge is 0.219 e. The van der Waals surface area contributed by atoms with Crippen molar-refractivity contribution in [1.29, 1.82) is 0 Å². The molecule has 0 saturated carbocycles. The van der Waals surface area contributed by atoms with Crippen molar-refractivity contribution in [3.8, 4) is 0 Å². The molecule has 80 valence electrons. The Morgan fingerprint density at radius 3 is 3.07 bits per heavy atom. The Morgan fingerprint density at radius 2 is 2.40 bits per heavy atom. The lowest BCUT2D eigenvalue weighted by Gasteiger charge is -2.35. The third-order valence-electron chi connectivity index (χ3n) is 2.98. The molecule has 0 unspecified atom stereocenters. The molecule has 1 fully saturated rings. The molecule has 0 aromatic carbocycles. The Hall–Kier alpha value is -1.38. The molecule has 0 radical (unpaired) electrons. The highest BCUT2D eigenvalue weighted by atomic mass is 16.2. The van der Waals surface area contributed by atoms with Crippen LogP contribution >= 0.6 is 0 Å². The molecular weight excluding hydrogens is 188 g/mol. The highest BCUT2D eigenvalue weighted by molar-refractivity contribution is 5.73. The molecule has 1 atom stereocenters. The number of pyridine rings is 1. The topological polar surface area (TPSA) is 33.2 Å². The summed E-state index contributed by atoms with van der Waals surface area (Å²) < 4.78 is 0. The molecule has 1 saturated heterocycles. The number of carbonyl (C=O) groups is 1. The third-order valence-corrected chi connectivity index (χ3v) is 2.98. The summed E-state index contributed by atoms with van der Waals surface area (Å²) in [4.78, 5) is 17.6. The van der Waals surface area contributed by atoms with Crippen molar-refractivity contribution in [2.24, 2.45) is 0 Å². The van der Waals surface area contributed by atoms with E-state index in [0.717, 1.165) is 24.9 Å². The standard InChI is InChI=1S/C12H16N2O/c1-10(15)14-8-3-2-6-12(14)11-5-4-7-13-9-11/h4-5,7,9,12H,2-3,6,8H2,1H3/t12-/m1/s1. The second-order valence-corrected chi connectivity index (χ2v) is 4.01. The van der Waals surface area contributed by atoms with Crippen molar-refractivity contribution in [3.63, 3.8) is 0 Å². The van der Waals surface area contributed by atoms with Gasteiger partial charge in [0, 0.05) is 25.9 Å². The fraction of sp³-hybridized carbons (Fsp3) is 0.500. The molecule has 3 nitrogen and oxygen atoms in total. The quantitative estimate of drug-likeness (QED) is 0.702. The minimum atomic E-state index is 0.170. The van der Waals surface area contributed by atoms with Crippen LogP contribution < -0.4 is 0 Å². The molecule has 0 bridgehead atoms. The molecule has 1 aromatic rings. The van der Waals surface area contributed by atoms with Crippen LogP contribution in [0.3, 0.4) is 0 Å². The first-order valence-corrected chi connectivity index (χ1v) is 5.46. The number of piperidine rings is 1. The summed E-state index contributed by atoms with van der Waals surface area (Å²) in [5, 5.41) is 0. The van der Waals surface area contributed by atoms with Gasteiger partial charge in [0.25, 0.3) is 0 Å². The lowest BCUT2D eigenvalue weighted by molar-refractivity contribution is -0.132. The Kier molecular flexibility index (Phi) is 2.99. The van der Waals surface area contributed by atoms with Crippen LogP contribution in [0.25, 0.3) is 0 Å². The molecule has 0 spiro atoms. The zero-order valence-electron chi connectivity index (χ0n) is 9.02. The lowest BCUT2D eigenvalue weighted by atomic mass is 9.96. The van der Waals surface area contributed by atoms with E-state index in [9.17, 15) is 4.79 Å². The van der Waals surface area contributed by atoms with Gasteiger partial charge in [0.05, 0.1) is 6.04 Å². The van der Waals surface area contributed by atoms with Gasteiger partial charge in [0.2, 0.25) is 5.91 Å². The van der Waals surface area contributed by atoms with E-state index in [1.54, 1.807) is 13.1 Å². The summed E-state index contributed by atoms with van der Waals surface area (Å²) in [5.41, 5.74) is 1.16. The SMILES string of the molecule is CC(=O)N1CCCC[C@@H]1c1cccnc1. The van der Waals surface area contributed by atoms with Crippen molar-refractivity contribution in [2.75, 3.05) is 6.54 Å². The van der Waals surface area contributed by atoms with Crippen LogP contribution in [0, 0.1) is 0 Å². The summed E-state index contributed by atoms with van der Waals surface area (Å²) in [6.45, 7) is 2.53. The van der Waals surface area contributed by atoms with E-state index >= 15 is 0 Å². The number of carbonyl (C=O) groups excluding carboxylic acids is 1. The van der Waals surface area contributed by atoms with Crippen molar-refractivity contribution < 1.29 is 4.79 Å². The first-order valence-electron chi connectivity index (χ1n) is 5.46. The normalized spacial score (nSPS) is 21.4. The van der Waals surface area contributed by atoms with E-state index in [1.165, 1.54) is 6.42 Å². The molecule has 1 amide bonds. The van der Waals surface area contributed by atoms with Gasteiger partial charge in [0.15, 0.2) is 0 Å². The average Bonchev–Trinajstić information content (AvgIpc) is 2.30. The molecular formula is C12H16N2O. The van der Waals surface area contributed by atoms with E-state index in [-0.39, 0.29) is 11.9 Å². The first kappa shape index (κ1) is 10.1. The first-order chi connectivity index (χ1) is 7.29. The maximum atomic E-state index is 11.5. The number of rotatable bonds is 1. The van der Waals surface area contributed by atoms with Gasteiger partial charge in [-0.25, -0.2) is 0 Å². The maximum absolute atomic E-state index is 11.5. The van der Waals surface area contributed by atoms with Gasteiger partial charge < -0.3 is 4.90 Å². The predicted molar refractivity (Wildman–Crippen MR) is 58.2 cm³/mol. The average molecular weight is 204 g/mol. The van der Waals surface area contributed by atoms with Gasteiger partial charge in [-0.3, -0.25) is 9.78 Å². The second-order valence-electron chi connectivity index (χ2n) is 4.01. The number of nitrogens with zero attached hydrogens (tertiary/aromatic N) is 2. The van der Waals surface area contributed by atoms with Gasteiger partial charge in [-0.15, -0.1) is 0 Å². The number of hydrogen-bond donors (Lipinski definition) is 0. The minimum absolute atomic E-state index is 0.170. The van der Waals surface area contributed by atoms with Crippen LogP contribution in [-0.2, 0) is 4.79 Å². The van der Waals surface area contributed by atoms with E-state index in [2.05, 4.69) is 11.1 Å². The highest BCUT2D eigenvalue weighted by Crippen LogP contribution is 2.30. The van der Waals surface area contributed by atoms with Gasteiger partial charge in [-0.1, -0.05) is 6.07 Å².